The van der Waals surface area contributed by atoms with Crippen LogP contribution in [0.1, 0.15) is 35.7 Å². The summed E-state index contributed by atoms with van der Waals surface area (Å²) in [7, 11) is 1.62. The zero-order valence-electron chi connectivity index (χ0n) is 17.3. The molecule has 1 atom stereocenters. The lowest BCUT2D eigenvalue weighted by molar-refractivity contribution is -0.148. The summed E-state index contributed by atoms with van der Waals surface area (Å²) in [5.41, 5.74) is 3.97. The highest BCUT2D eigenvalue weighted by Crippen LogP contribution is 2.29. The first-order valence-corrected chi connectivity index (χ1v) is 11.1. The Morgan fingerprint density at radius 3 is 2.94 bits per heavy atom. The van der Waals surface area contributed by atoms with Gasteiger partial charge < -0.3 is 14.8 Å². The number of benzene rings is 2. The molecule has 2 aromatic carbocycles. The first-order valence-electron chi connectivity index (χ1n) is 10.2. The van der Waals surface area contributed by atoms with E-state index in [0.29, 0.717) is 5.69 Å². The second-order valence-corrected chi connectivity index (χ2v) is 8.28. The highest BCUT2D eigenvalue weighted by Gasteiger charge is 2.22. The molecule has 1 amide bonds. The molecule has 7 heteroatoms. The summed E-state index contributed by atoms with van der Waals surface area (Å²) in [5, 5.41) is 5.62. The van der Waals surface area contributed by atoms with Gasteiger partial charge in [-0.05, 0) is 42.5 Å². The number of hydrogen-bond donors (Lipinski definition) is 1. The van der Waals surface area contributed by atoms with Crippen molar-refractivity contribution >= 4 is 23.2 Å². The molecule has 0 fully saturated rings. The number of nitrogens with zero attached hydrogens (tertiary/aromatic N) is 1. The Hall–Kier alpha value is -3.19. The number of fused-ring (bicyclic) bond motifs is 1. The highest BCUT2D eigenvalue weighted by molar-refractivity contribution is 7.13. The number of esters is 1. The number of methoxy groups -OCH3 is 1. The topological polar surface area (TPSA) is 77.5 Å². The lowest BCUT2D eigenvalue weighted by atomic mass is 9.88. The molecule has 4 rings (SSSR count). The third kappa shape index (κ3) is 5.30. The Labute approximate surface area is 185 Å². The summed E-state index contributed by atoms with van der Waals surface area (Å²) in [6.07, 6.45) is 2.98. The lowest BCUT2D eigenvalue weighted by Gasteiger charge is -2.26. The van der Waals surface area contributed by atoms with Crippen molar-refractivity contribution in [3.8, 4) is 16.3 Å². The molecule has 1 N–H and O–H groups in total. The molecule has 0 radical (unpaired) electrons. The predicted octanol–water partition coefficient (Wildman–Crippen LogP) is 4.10. The summed E-state index contributed by atoms with van der Waals surface area (Å²) < 4.78 is 10.4. The van der Waals surface area contributed by atoms with E-state index in [1.807, 2.05) is 47.8 Å². The van der Waals surface area contributed by atoms with Gasteiger partial charge in [0, 0.05) is 10.9 Å². The lowest BCUT2D eigenvalue weighted by Crippen LogP contribution is -2.34. The van der Waals surface area contributed by atoms with E-state index in [1.54, 1.807) is 7.11 Å². The van der Waals surface area contributed by atoms with Gasteiger partial charge in [-0.25, -0.2) is 4.98 Å². The Kier molecular flexibility index (Phi) is 6.62. The Balaban J connectivity index is 1.28. The number of ether oxygens (including phenoxy) is 2. The van der Waals surface area contributed by atoms with Crippen LogP contribution in [0.2, 0.25) is 0 Å². The van der Waals surface area contributed by atoms with Crippen LogP contribution in [0.3, 0.4) is 0 Å². The van der Waals surface area contributed by atoms with Crippen LogP contribution in [0.15, 0.2) is 53.9 Å². The second kappa shape index (κ2) is 9.75. The molecule has 6 nitrogen and oxygen atoms in total. The van der Waals surface area contributed by atoms with Gasteiger partial charge in [-0.3, -0.25) is 9.59 Å². The van der Waals surface area contributed by atoms with Crippen molar-refractivity contribution in [2.45, 2.75) is 31.7 Å². The van der Waals surface area contributed by atoms with Crippen LogP contribution < -0.4 is 10.1 Å². The number of hydrogen-bond acceptors (Lipinski definition) is 6. The molecule has 160 valence electrons. The smallest absolute Gasteiger partial charge is 0.312 e. The highest BCUT2D eigenvalue weighted by atomic mass is 32.1. The van der Waals surface area contributed by atoms with E-state index < -0.39 is 5.97 Å². The number of thiazole rings is 1. The van der Waals surface area contributed by atoms with E-state index >= 15 is 0 Å². The number of aryl methyl sites for hydroxylation is 1. The monoisotopic (exact) mass is 436 g/mol. The minimum atomic E-state index is -0.471. The minimum Gasteiger partial charge on any atom is -0.497 e. The first kappa shape index (κ1) is 21.1. The molecule has 0 saturated carbocycles. The van der Waals surface area contributed by atoms with Gasteiger partial charge in [0.15, 0.2) is 6.61 Å². The summed E-state index contributed by atoms with van der Waals surface area (Å²) >= 11 is 1.45. The van der Waals surface area contributed by atoms with E-state index in [-0.39, 0.29) is 25.0 Å². The molecule has 1 unspecified atom stereocenters. The largest absolute Gasteiger partial charge is 0.497 e. The van der Waals surface area contributed by atoms with Crippen molar-refractivity contribution in [1.82, 2.24) is 10.3 Å². The first-order chi connectivity index (χ1) is 15.1. The molecule has 31 heavy (non-hydrogen) atoms. The van der Waals surface area contributed by atoms with Crippen LogP contribution in [-0.2, 0) is 27.2 Å². The maximum atomic E-state index is 12.3. The average Bonchev–Trinajstić information content (AvgIpc) is 3.26. The minimum absolute atomic E-state index is 0.0277. The standard InChI is InChI=1S/C24H24N2O4S/c1-29-19-9-4-8-17(12-19)24-25-18(15-31-24)13-23(28)30-14-22(27)26-21-11-5-7-16-6-2-3-10-20(16)21/h2-4,6,8-10,12,15,21H,5,7,11,13-14H2,1H3,(H,26,27). The third-order valence-electron chi connectivity index (χ3n) is 5.26. The van der Waals surface area contributed by atoms with Gasteiger partial charge >= 0.3 is 5.97 Å². The van der Waals surface area contributed by atoms with Gasteiger partial charge in [0.2, 0.25) is 0 Å². The van der Waals surface area contributed by atoms with Crippen molar-refractivity contribution < 1.29 is 19.1 Å². The van der Waals surface area contributed by atoms with Gasteiger partial charge in [-0.1, -0.05) is 36.4 Å². The van der Waals surface area contributed by atoms with E-state index in [4.69, 9.17) is 9.47 Å². The summed E-state index contributed by atoms with van der Waals surface area (Å²) in [6, 6.07) is 15.7. The quantitative estimate of drug-likeness (QED) is 0.564. The summed E-state index contributed by atoms with van der Waals surface area (Å²) in [4.78, 5) is 29.0. The molecule has 0 bridgehead atoms. The van der Waals surface area contributed by atoms with Gasteiger partial charge in [0.1, 0.15) is 10.8 Å². The van der Waals surface area contributed by atoms with Crippen LogP contribution in [0, 0.1) is 0 Å². The molecule has 0 saturated heterocycles. The Morgan fingerprint density at radius 1 is 1.19 bits per heavy atom. The maximum Gasteiger partial charge on any atom is 0.312 e. The Morgan fingerprint density at radius 2 is 2.06 bits per heavy atom. The predicted molar refractivity (Wildman–Crippen MR) is 119 cm³/mol. The van der Waals surface area contributed by atoms with Gasteiger partial charge in [0.25, 0.3) is 5.91 Å². The zero-order valence-corrected chi connectivity index (χ0v) is 18.1. The number of amides is 1. The van der Waals surface area contributed by atoms with Crippen molar-refractivity contribution in [3.63, 3.8) is 0 Å². The normalized spacial score (nSPS) is 15.1. The molecule has 1 aromatic heterocycles. The third-order valence-corrected chi connectivity index (χ3v) is 6.20. The average molecular weight is 437 g/mol. The maximum absolute atomic E-state index is 12.3. The number of carbonyl (C=O) groups is 2. The number of aromatic nitrogens is 1. The molecule has 1 aliphatic rings. The molecule has 1 aliphatic carbocycles. The van der Waals surface area contributed by atoms with Crippen molar-refractivity contribution in [2.24, 2.45) is 0 Å². The van der Waals surface area contributed by atoms with Crippen LogP contribution in [-0.4, -0.2) is 30.6 Å². The molecule has 3 aromatic rings. The fourth-order valence-corrected chi connectivity index (χ4v) is 4.58. The van der Waals surface area contributed by atoms with E-state index in [2.05, 4.69) is 16.4 Å². The van der Waals surface area contributed by atoms with E-state index in [9.17, 15) is 9.59 Å². The number of nitrogens with one attached hydrogen (secondary N) is 1. The zero-order chi connectivity index (χ0) is 21.6. The van der Waals surface area contributed by atoms with E-state index in [1.165, 1.54) is 16.9 Å². The molecular weight excluding hydrogens is 412 g/mol. The van der Waals surface area contributed by atoms with Crippen LogP contribution in [0.4, 0.5) is 0 Å². The number of carbonyl (C=O) groups excluding carboxylic acids is 2. The fraction of sp³-hybridized carbons (Fsp3) is 0.292. The molecule has 1 heterocycles. The summed E-state index contributed by atoms with van der Waals surface area (Å²) in [6.45, 7) is -0.287. The Bertz CT molecular complexity index is 1080. The fourth-order valence-electron chi connectivity index (χ4n) is 3.76. The second-order valence-electron chi connectivity index (χ2n) is 7.42. The number of rotatable bonds is 7. The van der Waals surface area contributed by atoms with Crippen LogP contribution in [0.5, 0.6) is 5.75 Å². The van der Waals surface area contributed by atoms with Crippen LogP contribution >= 0.6 is 11.3 Å². The molecular formula is C24H24N2O4S. The van der Waals surface area contributed by atoms with Gasteiger partial charge in [0.05, 0.1) is 25.3 Å². The molecule has 0 spiro atoms. The van der Waals surface area contributed by atoms with Crippen LogP contribution in [0.25, 0.3) is 10.6 Å². The van der Waals surface area contributed by atoms with Crippen molar-refractivity contribution in [2.75, 3.05) is 13.7 Å². The molecule has 0 aliphatic heterocycles. The van der Waals surface area contributed by atoms with Crippen molar-refractivity contribution in [1.29, 1.82) is 0 Å². The van der Waals surface area contributed by atoms with Crippen molar-refractivity contribution in [3.05, 3.63) is 70.7 Å². The SMILES string of the molecule is COc1cccc(-c2nc(CC(=O)OCC(=O)NC3CCCc4ccccc43)cs2)c1. The van der Waals surface area contributed by atoms with Gasteiger partial charge in [-0.2, -0.15) is 0 Å². The van der Waals surface area contributed by atoms with Gasteiger partial charge in [-0.15, -0.1) is 11.3 Å². The summed E-state index contributed by atoms with van der Waals surface area (Å²) in [5.74, 6) is -0.00708. The van der Waals surface area contributed by atoms with E-state index in [0.717, 1.165) is 41.1 Å².